The number of rotatable bonds is 4. The summed E-state index contributed by atoms with van der Waals surface area (Å²) in [7, 11) is 0. The molecule has 0 aliphatic heterocycles. The van der Waals surface area contributed by atoms with E-state index >= 15 is 0 Å². The largest absolute Gasteiger partial charge is 0.462 e. The molecule has 0 fully saturated rings. The average Bonchev–Trinajstić information content (AvgIpc) is 2.94. The molecule has 1 aliphatic carbocycles. The number of carbonyl (C=O) groups is 2. The molecule has 1 amide bonds. The van der Waals surface area contributed by atoms with Crippen LogP contribution in [0.2, 0.25) is 0 Å². The maximum absolute atomic E-state index is 12.6. The highest BCUT2D eigenvalue weighted by Crippen LogP contribution is 2.30. The fourth-order valence-electron chi connectivity index (χ4n) is 2.94. The molecule has 2 aromatic rings. The summed E-state index contributed by atoms with van der Waals surface area (Å²) >= 11 is 1.67. The molecular formula is C18H20N2O3S. The number of anilines is 1. The maximum Gasteiger partial charge on any atom is 0.340 e. The molecule has 1 heterocycles. The van der Waals surface area contributed by atoms with Gasteiger partial charge in [0.05, 0.1) is 28.6 Å². The van der Waals surface area contributed by atoms with Crippen LogP contribution in [0.25, 0.3) is 0 Å². The first-order valence-electron chi connectivity index (χ1n) is 8.10. The molecule has 3 rings (SSSR count). The van der Waals surface area contributed by atoms with E-state index in [1.165, 1.54) is 4.88 Å². The van der Waals surface area contributed by atoms with Crippen LogP contribution in [-0.2, 0) is 22.4 Å². The monoisotopic (exact) mass is 344 g/mol. The fraction of sp³-hybridized carbons (Fsp3) is 0.389. The van der Waals surface area contributed by atoms with Crippen molar-refractivity contribution in [3.05, 3.63) is 45.4 Å². The molecule has 0 radical (unpaired) electrons. The standard InChI is InChI=1S/C18H20N2O3S/c1-3-23-18(22)13-6-4-5-7-14(13)20-17(21)12-8-9-15-16(10-12)24-11(2)19-15/h4-7,12H,3,8-10H2,1-2H3,(H,20,21). The van der Waals surface area contributed by atoms with Crippen molar-refractivity contribution in [2.24, 2.45) is 5.92 Å². The Bertz CT molecular complexity index is 769. The van der Waals surface area contributed by atoms with Gasteiger partial charge in [-0.25, -0.2) is 9.78 Å². The van der Waals surface area contributed by atoms with E-state index in [-0.39, 0.29) is 11.8 Å². The Morgan fingerprint density at radius 2 is 2.17 bits per heavy atom. The summed E-state index contributed by atoms with van der Waals surface area (Å²) in [4.78, 5) is 30.4. The van der Waals surface area contributed by atoms with E-state index in [1.807, 2.05) is 6.92 Å². The van der Waals surface area contributed by atoms with Crippen LogP contribution < -0.4 is 5.32 Å². The number of aryl methyl sites for hydroxylation is 2. The van der Waals surface area contributed by atoms with E-state index in [9.17, 15) is 9.59 Å². The highest BCUT2D eigenvalue weighted by molar-refractivity contribution is 7.11. The van der Waals surface area contributed by atoms with Gasteiger partial charge in [-0.05, 0) is 45.2 Å². The molecule has 24 heavy (non-hydrogen) atoms. The highest BCUT2D eigenvalue weighted by atomic mass is 32.1. The Morgan fingerprint density at radius 3 is 2.96 bits per heavy atom. The lowest BCUT2D eigenvalue weighted by Gasteiger charge is -2.21. The minimum atomic E-state index is -0.419. The molecule has 5 nitrogen and oxygen atoms in total. The summed E-state index contributed by atoms with van der Waals surface area (Å²) < 4.78 is 5.05. The van der Waals surface area contributed by atoms with Crippen LogP contribution >= 0.6 is 11.3 Å². The van der Waals surface area contributed by atoms with Crippen LogP contribution in [0.4, 0.5) is 5.69 Å². The number of carbonyl (C=O) groups excluding carboxylic acids is 2. The van der Waals surface area contributed by atoms with E-state index in [0.717, 1.165) is 23.5 Å². The third-order valence-electron chi connectivity index (χ3n) is 4.10. The van der Waals surface area contributed by atoms with Crippen LogP contribution in [0.3, 0.4) is 0 Å². The van der Waals surface area contributed by atoms with Gasteiger partial charge in [-0.15, -0.1) is 11.3 Å². The lowest BCUT2D eigenvalue weighted by atomic mass is 9.90. The lowest BCUT2D eigenvalue weighted by molar-refractivity contribution is -0.120. The van der Waals surface area contributed by atoms with Gasteiger partial charge in [0.2, 0.25) is 5.91 Å². The van der Waals surface area contributed by atoms with Crippen molar-refractivity contribution >= 4 is 28.9 Å². The molecule has 0 spiro atoms. The molecule has 126 valence electrons. The number of nitrogens with zero attached hydrogens (tertiary/aromatic N) is 1. The van der Waals surface area contributed by atoms with Gasteiger partial charge in [-0.2, -0.15) is 0 Å². The lowest BCUT2D eigenvalue weighted by Crippen LogP contribution is -2.28. The summed E-state index contributed by atoms with van der Waals surface area (Å²) in [5, 5.41) is 3.95. The topological polar surface area (TPSA) is 68.3 Å². The third-order valence-corrected chi connectivity index (χ3v) is 5.13. The summed E-state index contributed by atoms with van der Waals surface area (Å²) in [6.45, 7) is 4.06. The van der Waals surface area contributed by atoms with Crippen molar-refractivity contribution in [2.45, 2.75) is 33.1 Å². The van der Waals surface area contributed by atoms with E-state index in [2.05, 4.69) is 10.3 Å². The molecule has 0 saturated carbocycles. The smallest absolute Gasteiger partial charge is 0.340 e. The van der Waals surface area contributed by atoms with Gasteiger partial charge >= 0.3 is 5.97 Å². The van der Waals surface area contributed by atoms with Gasteiger partial charge in [0, 0.05) is 10.8 Å². The van der Waals surface area contributed by atoms with Crippen molar-refractivity contribution in [3.8, 4) is 0 Å². The molecule has 1 aromatic heterocycles. The van der Waals surface area contributed by atoms with E-state index < -0.39 is 5.97 Å². The zero-order chi connectivity index (χ0) is 17.1. The summed E-state index contributed by atoms with van der Waals surface area (Å²) in [6.07, 6.45) is 2.33. The van der Waals surface area contributed by atoms with Gasteiger partial charge in [0.1, 0.15) is 0 Å². The Kier molecular flexibility index (Phi) is 4.94. The average molecular weight is 344 g/mol. The van der Waals surface area contributed by atoms with Gasteiger partial charge in [-0.1, -0.05) is 12.1 Å². The highest BCUT2D eigenvalue weighted by Gasteiger charge is 2.27. The number of amides is 1. The maximum atomic E-state index is 12.6. The minimum absolute atomic E-state index is 0.0524. The second kappa shape index (κ2) is 7.13. The number of aromatic nitrogens is 1. The van der Waals surface area contributed by atoms with E-state index in [1.54, 1.807) is 42.5 Å². The zero-order valence-electron chi connectivity index (χ0n) is 13.8. The molecule has 1 aliphatic rings. The number of benzene rings is 1. The predicted octanol–water partition coefficient (Wildman–Crippen LogP) is 3.37. The number of para-hydroxylation sites is 1. The number of hydrogen-bond acceptors (Lipinski definition) is 5. The third kappa shape index (κ3) is 3.48. The first kappa shape index (κ1) is 16.6. The number of fused-ring (bicyclic) bond motifs is 1. The van der Waals surface area contributed by atoms with E-state index in [0.29, 0.717) is 24.3 Å². The van der Waals surface area contributed by atoms with Crippen molar-refractivity contribution in [3.63, 3.8) is 0 Å². The molecule has 1 atom stereocenters. The molecule has 6 heteroatoms. The van der Waals surface area contributed by atoms with Crippen LogP contribution in [0.5, 0.6) is 0 Å². The van der Waals surface area contributed by atoms with Crippen molar-refractivity contribution in [2.75, 3.05) is 11.9 Å². The minimum Gasteiger partial charge on any atom is -0.462 e. The van der Waals surface area contributed by atoms with Crippen molar-refractivity contribution < 1.29 is 14.3 Å². The molecule has 1 aromatic carbocycles. The summed E-state index contributed by atoms with van der Waals surface area (Å²) in [5.74, 6) is -0.562. The molecule has 0 bridgehead atoms. The quantitative estimate of drug-likeness (QED) is 0.864. The van der Waals surface area contributed by atoms with Crippen LogP contribution in [0.1, 0.15) is 39.3 Å². The number of ether oxygens (including phenoxy) is 1. The molecular weight excluding hydrogens is 324 g/mol. The van der Waals surface area contributed by atoms with Crippen LogP contribution in [-0.4, -0.2) is 23.5 Å². The Balaban J connectivity index is 1.73. The molecule has 1 N–H and O–H groups in total. The number of thiazole rings is 1. The van der Waals surface area contributed by atoms with Crippen molar-refractivity contribution in [1.82, 2.24) is 4.98 Å². The molecule has 1 unspecified atom stereocenters. The molecule has 0 saturated heterocycles. The normalized spacial score (nSPS) is 16.3. The van der Waals surface area contributed by atoms with Gasteiger partial charge < -0.3 is 10.1 Å². The number of hydrogen-bond donors (Lipinski definition) is 1. The van der Waals surface area contributed by atoms with Gasteiger partial charge in [0.25, 0.3) is 0 Å². The van der Waals surface area contributed by atoms with E-state index in [4.69, 9.17) is 4.74 Å². The summed E-state index contributed by atoms with van der Waals surface area (Å²) in [6, 6.07) is 6.95. The Morgan fingerprint density at radius 1 is 1.38 bits per heavy atom. The van der Waals surface area contributed by atoms with Gasteiger partial charge in [0.15, 0.2) is 0 Å². The zero-order valence-corrected chi connectivity index (χ0v) is 14.6. The number of esters is 1. The second-order valence-corrected chi connectivity index (χ2v) is 7.09. The first-order chi connectivity index (χ1) is 11.6. The van der Waals surface area contributed by atoms with Crippen LogP contribution in [0.15, 0.2) is 24.3 Å². The second-order valence-electron chi connectivity index (χ2n) is 5.80. The van der Waals surface area contributed by atoms with Gasteiger partial charge in [-0.3, -0.25) is 4.79 Å². The Hall–Kier alpha value is -2.21. The summed E-state index contributed by atoms with van der Waals surface area (Å²) in [5.41, 5.74) is 2.03. The van der Waals surface area contributed by atoms with Crippen molar-refractivity contribution in [1.29, 1.82) is 0 Å². The van der Waals surface area contributed by atoms with Crippen LogP contribution in [0, 0.1) is 12.8 Å². The predicted molar refractivity (Wildman–Crippen MR) is 93.4 cm³/mol. The SMILES string of the molecule is CCOC(=O)c1ccccc1NC(=O)C1CCc2nc(C)sc2C1. The fourth-order valence-corrected chi connectivity index (χ4v) is 4.00. The Labute approximate surface area is 145 Å². The number of nitrogens with one attached hydrogen (secondary N) is 1. The first-order valence-corrected chi connectivity index (χ1v) is 8.92.